The predicted octanol–water partition coefficient (Wildman–Crippen LogP) is 0.819. The van der Waals surface area contributed by atoms with Crippen LogP contribution in [0.2, 0.25) is 0 Å². The molecule has 0 spiro atoms. The molecule has 0 bridgehead atoms. The molecular formula is C11H21NO3S. The number of rotatable bonds is 4. The maximum Gasteiger partial charge on any atom is 0.211 e. The molecule has 0 radical (unpaired) electrons. The lowest BCUT2D eigenvalue weighted by molar-refractivity contribution is 0.104. The maximum absolute atomic E-state index is 11.4. The van der Waals surface area contributed by atoms with Gasteiger partial charge in [-0.3, -0.25) is 0 Å². The van der Waals surface area contributed by atoms with E-state index in [1.807, 2.05) is 0 Å². The molecule has 1 aliphatic carbocycles. The van der Waals surface area contributed by atoms with Gasteiger partial charge in [-0.1, -0.05) is 0 Å². The molecule has 1 saturated heterocycles. The van der Waals surface area contributed by atoms with Gasteiger partial charge in [-0.15, -0.1) is 0 Å². The van der Waals surface area contributed by atoms with Crippen molar-refractivity contribution >= 4 is 10.0 Å². The number of sulfonamides is 1. The van der Waals surface area contributed by atoms with E-state index in [1.165, 1.54) is 6.26 Å². The second-order valence-corrected chi connectivity index (χ2v) is 7.25. The highest BCUT2D eigenvalue weighted by Crippen LogP contribution is 2.36. The molecule has 1 aliphatic heterocycles. The van der Waals surface area contributed by atoms with Gasteiger partial charge in [0.15, 0.2) is 0 Å². The van der Waals surface area contributed by atoms with Crippen LogP contribution in [0.15, 0.2) is 0 Å². The molecule has 4 nitrogen and oxygen atoms in total. The minimum atomic E-state index is -3.05. The minimum absolute atomic E-state index is 0.204. The first-order valence-electron chi connectivity index (χ1n) is 6.10. The third-order valence-corrected chi connectivity index (χ3v) is 4.96. The first-order chi connectivity index (χ1) is 7.47. The van der Waals surface area contributed by atoms with E-state index < -0.39 is 10.0 Å². The number of aliphatic hydroxyl groups excluding tert-OH is 1. The highest BCUT2D eigenvalue weighted by Gasteiger charge is 2.33. The third-order valence-electron chi connectivity index (χ3n) is 3.69. The Morgan fingerprint density at radius 1 is 1.38 bits per heavy atom. The summed E-state index contributed by atoms with van der Waals surface area (Å²) in [6.45, 7) is 1.25. The molecule has 0 aromatic rings. The van der Waals surface area contributed by atoms with Gasteiger partial charge in [0.1, 0.15) is 0 Å². The average molecular weight is 247 g/mol. The number of nitrogens with zero attached hydrogens (tertiary/aromatic N) is 1. The van der Waals surface area contributed by atoms with Gasteiger partial charge in [0, 0.05) is 13.1 Å². The molecule has 1 heterocycles. The molecule has 94 valence electrons. The first kappa shape index (κ1) is 12.3. The topological polar surface area (TPSA) is 57.6 Å². The molecule has 0 aromatic heterocycles. The molecule has 1 saturated carbocycles. The molecule has 2 atom stereocenters. The summed E-state index contributed by atoms with van der Waals surface area (Å²) in [5.41, 5.74) is 0. The molecule has 5 heteroatoms. The summed E-state index contributed by atoms with van der Waals surface area (Å²) in [5.74, 6) is 0.840. The monoisotopic (exact) mass is 247 g/mol. The lowest BCUT2D eigenvalue weighted by Gasteiger charge is -2.32. The largest absolute Gasteiger partial charge is 0.393 e. The van der Waals surface area contributed by atoms with Crippen LogP contribution >= 0.6 is 0 Å². The minimum Gasteiger partial charge on any atom is -0.393 e. The fraction of sp³-hybridized carbons (Fsp3) is 1.00. The zero-order chi connectivity index (χ0) is 11.8. The average Bonchev–Trinajstić information content (AvgIpc) is 2.99. The van der Waals surface area contributed by atoms with Gasteiger partial charge in [0.05, 0.1) is 12.4 Å². The molecule has 2 aliphatic rings. The van der Waals surface area contributed by atoms with E-state index in [9.17, 15) is 13.5 Å². The van der Waals surface area contributed by atoms with Gasteiger partial charge in [0.2, 0.25) is 10.0 Å². The van der Waals surface area contributed by atoms with Gasteiger partial charge in [0.25, 0.3) is 0 Å². The molecule has 16 heavy (non-hydrogen) atoms. The molecule has 2 rings (SSSR count). The van der Waals surface area contributed by atoms with Gasteiger partial charge < -0.3 is 5.11 Å². The van der Waals surface area contributed by atoms with Crippen LogP contribution in [0.3, 0.4) is 0 Å². The Bertz CT molecular complexity index is 337. The van der Waals surface area contributed by atoms with Crippen molar-refractivity contribution in [2.45, 2.75) is 38.2 Å². The highest BCUT2D eigenvalue weighted by atomic mass is 32.2. The smallest absolute Gasteiger partial charge is 0.211 e. The van der Waals surface area contributed by atoms with E-state index in [1.54, 1.807) is 4.31 Å². The van der Waals surface area contributed by atoms with Gasteiger partial charge >= 0.3 is 0 Å². The van der Waals surface area contributed by atoms with Crippen LogP contribution in [-0.2, 0) is 10.0 Å². The van der Waals surface area contributed by atoms with E-state index in [0.29, 0.717) is 24.9 Å². The number of hydrogen-bond acceptors (Lipinski definition) is 3. The summed E-state index contributed by atoms with van der Waals surface area (Å²) in [5, 5.41) is 9.86. The Balaban J connectivity index is 1.86. The van der Waals surface area contributed by atoms with Crippen LogP contribution in [0.4, 0.5) is 0 Å². The summed E-state index contributed by atoms with van der Waals surface area (Å²) in [7, 11) is -3.05. The Morgan fingerprint density at radius 2 is 2.06 bits per heavy atom. The number of piperidine rings is 1. The van der Waals surface area contributed by atoms with E-state index >= 15 is 0 Å². The summed E-state index contributed by atoms with van der Waals surface area (Å²) < 4.78 is 24.4. The fourth-order valence-electron chi connectivity index (χ4n) is 2.54. The Morgan fingerprint density at radius 3 is 2.62 bits per heavy atom. The number of hydrogen-bond donors (Lipinski definition) is 1. The van der Waals surface area contributed by atoms with E-state index in [4.69, 9.17) is 0 Å². The quantitative estimate of drug-likeness (QED) is 0.800. The van der Waals surface area contributed by atoms with Crippen LogP contribution in [0.5, 0.6) is 0 Å². The molecule has 0 aromatic carbocycles. The van der Waals surface area contributed by atoms with Crippen molar-refractivity contribution in [3.05, 3.63) is 0 Å². The van der Waals surface area contributed by atoms with Crippen LogP contribution < -0.4 is 0 Å². The Hall–Kier alpha value is -0.130. The van der Waals surface area contributed by atoms with E-state index in [2.05, 4.69) is 0 Å². The van der Waals surface area contributed by atoms with Crippen molar-refractivity contribution in [2.75, 3.05) is 19.3 Å². The van der Waals surface area contributed by atoms with Crippen LogP contribution in [0, 0.1) is 11.8 Å². The summed E-state index contributed by atoms with van der Waals surface area (Å²) in [6, 6.07) is 0. The standard InChI is InChI=1S/C11H21NO3S/c1-16(14,15)12-6-2-3-9(8-12)7-11(13)10-4-5-10/h9-11,13H,2-8H2,1H3. The van der Waals surface area contributed by atoms with Crippen molar-refractivity contribution in [3.63, 3.8) is 0 Å². The third kappa shape index (κ3) is 3.18. The Labute approximate surface area is 97.7 Å². The zero-order valence-electron chi connectivity index (χ0n) is 9.80. The highest BCUT2D eigenvalue weighted by molar-refractivity contribution is 7.88. The second-order valence-electron chi connectivity index (χ2n) is 5.27. The summed E-state index contributed by atoms with van der Waals surface area (Å²) in [6.07, 6.45) is 6.10. The summed E-state index contributed by atoms with van der Waals surface area (Å²) in [4.78, 5) is 0. The van der Waals surface area contributed by atoms with E-state index in [-0.39, 0.29) is 6.10 Å². The SMILES string of the molecule is CS(=O)(=O)N1CCCC(CC(O)C2CC2)C1. The van der Waals surface area contributed by atoms with Gasteiger partial charge in [-0.2, -0.15) is 0 Å². The molecular weight excluding hydrogens is 226 g/mol. The van der Waals surface area contributed by atoms with Crippen molar-refractivity contribution in [1.29, 1.82) is 0 Å². The molecule has 1 N–H and O–H groups in total. The van der Waals surface area contributed by atoms with Crippen molar-refractivity contribution < 1.29 is 13.5 Å². The van der Waals surface area contributed by atoms with Gasteiger partial charge in [-0.05, 0) is 43.9 Å². The molecule has 2 unspecified atom stereocenters. The summed E-state index contributed by atoms with van der Waals surface area (Å²) >= 11 is 0. The molecule has 0 amide bonds. The van der Waals surface area contributed by atoms with Crippen LogP contribution in [-0.4, -0.2) is 43.3 Å². The van der Waals surface area contributed by atoms with E-state index in [0.717, 1.165) is 32.1 Å². The normalized spacial score (nSPS) is 30.2. The zero-order valence-corrected chi connectivity index (χ0v) is 10.6. The van der Waals surface area contributed by atoms with Gasteiger partial charge in [-0.25, -0.2) is 12.7 Å². The van der Waals surface area contributed by atoms with Crippen LogP contribution in [0.25, 0.3) is 0 Å². The molecule has 2 fully saturated rings. The predicted molar refractivity (Wildman–Crippen MR) is 62.5 cm³/mol. The second kappa shape index (κ2) is 4.63. The van der Waals surface area contributed by atoms with Crippen molar-refractivity contribution in [3.8, 4) is 0 Å². The first-order valence-corrected chi connectivity index (χ1v) is 7.95. The van der Waals surface area contributed by atoms with Crippen LogP contribution in [0.1, 0.15) is 32.1 Å². The maximum atomic E-state index is 11.4. The lowest BCUT2D eigenvalue weighted by atomic mass is 9.92. The lowest BCUT2D eigenvalue weighted by Crippen LogP contribution is -2.40. The fourth-order valence-corrected chi connectivity index (χ4v) is 3.48. The number of aliphatic hydroxyl groups is 1. The van der Waals surface area contributed by atoms with Crippen molar-refractivity contribution in [2.24, 2.45) is 11.8 Å². The Kier molecular flexibility index (Phi) is 3.56. The van der Waals surface area contributed by atoms with Crippen molar-refractivity contribution in [1.82, 2.24) is 4.31 Å².